The first kappa shape index (κ1) is 12.0. The van der Waals surface area contributed by atoms with Crippen molar-refractivity contribution in [2.24, 2.45) is 0 Å². The van der Waals surface area contributed by atoms with Gasteiger partial charge in [0.05, 0.1) is 6.61 Å². The summed E-state index contributed by atoms with van der Waals surface area (Å²) in [5.41, 5.74) is 0.797. The summed E-state index contributed by atoms with van der Waals surface area (Å²) in [5, 5.41) is 0. The summed E-state index contributed by atoms with van der Waals surface area (Å²) in [6.45, 7) is 1.92. The molecule has 0 amide bonds. The summed E-state index contributed by atoms with van der Waals surface area (Å²) in [4.78, 5) is 21.8. The van der Waals surface area contributed by atoms with E-state index in [9.17, 15) is 9.59 Å². The Bertz CT molecular complexity index is 426. The van der Waals surface area contributed by atoms with Gasteiger partial charge >= 0.3 is 5.97 Å². The first-order chi connectivity index (χ1) is 7.77. The minimum absolute atomic E-state index is 0.106. The molecule has 0 saturated carbocycles. The first-order valence-corrected chi connectivity index (χ1v) is 4.93. The van der Waals surface area contributed by atoms with Crippen LogP contribution in [0.2, 0.25) is 0 Å². The molecule has 0 radical (unpaired) electrons. The fourth-order valence-corrected chi connectivity index (χ4v) is 1.10. The molecule has 0 N–H and O–H groups in total. The lowest BCUT2D eigenvalue weighted by Gasteiger charge is -1.98. The van der Waals surface area contributed by atoms with Gasteiger partial charge in [-0.2, -0.15) is 0 Å². The van der Waals surface area contributed by atoms with Crippen LogP contribution in [0, 0.1) is 0 Å². The zero-order chi connectivity index (χ0) is 11.8. The van der Waals surface area contributed by atoms with Crippen LogP contribution in [0.25, 0.3) is 6.08 Å². The van der Waals surface area contributed by atoms with Gasteiger partial charge in [-0.15, -0.1) is 0 Å². The summed E-state index contributed by atoms with van der Waals surface area (Å²) in [7, 11) is 0. The summed E-state index contributed by atoms with van der Waals surface area (Å²) in [6.07, 6.45) is 3.07. The van der Waals surface area contributed by atoms with Gasteiger partial charge in [0.25, 0.3) is 0 Å². The molecule has 16 heavy (non-hydrogen) atoms. The van der Waals surface area contributed by atoms with Gasteiger partial charge in [0.1, 0.15) is 11.5 Å². The number of rotatable bonds is 4. The van der Waals surface area contributed by atoms with Gasteiger partial charge in [-0.1, -0.05) is 36.4 Å². The highest BCUT2D eigenvalue weighted by atomic mass is 16.5. The summed E-state index contributed by atoms with van der Waals surface area (Å²) >= 11 is 0. The Balaban J connectivity index is 2.76. The van der Waals surface area contributed by atoms with Crippen LogP contribution in [0.15, 0.2) is 42.0 Å². The molecule has 0 fully saturated rings. The van der Waals surface area contributed by atoms with E-state index in [-0.39, 0.29) is 12.2 Å². The van der Waals surface area contributed by atoms with E-state index in [1.807, 2.05) is 30.3 Å². The molecule has 0 atom stereocenters. The van der Waals surface area contributed by atoms with E-state index >= 15 is 0 Å². The lowest BCUT2D eigenvalue weighted by atomic mass is 10.2. The van der Waals surface area contributed by atoms with Crippen molar-refractivity contribution in [1.82, 2.24) is 0 Å². The molecular weight excluding hydrogens is 204 g/mol. The maximum atomic E-state index is 11.2. The third-order valence-corrected chi connectivity index (χ3v) is 1.85. The zero-order valence-electron chi connectivity index (χ0n) is 8.97. The van der Waals surface area contributed by atoms with Crippen molar-refractivity contribution in [3.63, 3.8) is 0 Å². The topological polar surface area (TPSA) is 43.4 Å². The molecule has 82 valence electrons. The van der Waals surface area contributed by atoms with Crippen molar-refractivity contribution in [2.45, 2.75) is 6.92 Å². The second-order valence-corrected chi connectivity index (χ2v) is 2.98. The van der Waals surface area contributed by atoms with Gasteiger partial charge in [0.15, 0.2) is 0 Å². The number of esters is 1. The first-order valence-electron chi connectivity index (χ1n) is 4.93. The van der Waals surface area contributed by atoms with Crippen LogP contribution in [-0.2, 0) is 14.3 Å². The maximum Gasteiger partial charge on any atom is 0.349 e. The van der Waals surface area contributed by atoms with Gasteiger partial charge in [0, 0.05) is 0 Å². The van der Waals surface area contributed by atoms with Crippen LogP contribution >= 0.6 is 0 Å². The average Bonchev–Trinajstić information content (AvgIpc) is 2.31. The molecular formula is C13H12O3. The predicted molar refractivity (Wildman–Crippen MR) is 61.3 cm³/mol. The number of hydrogen-bond acceptors (Lipinski definition) is 3. The van der Waals surface area contributed by atoms with Crippen molar-refractivity contribution in [1.29, 1.82) is 0 Å². The van der Waals surface area contributed by atoms with Gasteiger partial charge < -0.3 is 4.74 Å². The lowest BCUT2D eigenvalue weighted by Crippen LogP contribution is -2.06. The van der Waals surface area contributed by atoms with Crippen LogP contribution < -0.4 is 0 Å². The molecule has 0 bridgehead atoms. The maximum absolute atomic E-state index is 11.2. The van der Waals surface area contributed by atoms with E-state index in [1.165, 1.54) is 6.08 Å². The number of carbonyl (C=O) groups excluding carboxylic acids is 2. The van der Waals surface area contributed by atoms with E-state index in [4.69, 9.17) is 4.74 Å². The second kappa shape index (κ2) is 6.38. The van der Waals surface area contributed by atoms with Gasteiger partial charge in [0.2, 0.25) is 0 Å². The predicted octanol–water partition coefficient (Wildman–Crippen LogP) is 2.02. The lowest BCUT2D eigenvalue weighted by molar-refractivity contribution is -0.137. The smallest absolute Gasteiger partial charge is 0.349 e. The van der Waals surface area contributed by atoms with Crippen LogP contribution in [0.4, 0.5) is 0 Å². The zero-order valence-corrected chi connectivity index (χ0v) is 8.97. The number of hydrogen-bond donors (Lipinski definition) is 0. The van der Waals surface area contributed by atoms with E-state index in [1.54, 1.807) is 18.9 Å². The number of ether oxygens (including phenoxy) is 1. The van der Waals surface area contributed by atoms with Crippen LogP contribution in [-0.4, -0.2) is 18.5 Å². The normalized spacial score (nSPS) is 9.81. The van der Waals surface area contributed by atoms with Crippen molar-refractivity contribution < 1.29 is 14.3 Å². The SMILES string of the molecule is CCOC(=O)C(=C=O)/C=C/c1ccccc1. The Morgan fingerprint density at radius 1 is 1.38 bits per heavy atom. The Labute approximate surface area is 94.0 Å². The van der Waals surface area contributed by atoms with Crippen molar-refractivity contribution >= 4 is 18.0 Å². The molecule has 1 rings (SSSR count). The minimum Gasteiger partial charge on any atom is -0.462 e. The van der Waals surface area contributed by atoms with Gasteiger partial charge in [-0.05, 0) is 18.6 Å². The summed E-state index contributed by atoms with van der Waals surface area (Å²) < 4.78 is 4.69. The number of benzene rings is 1. The highest BCUT2D eigenvalue weighted by Gasteiger charge is 2.07. The third kappa shape index (κ3) is 3.56. The molecule has 3 heteroatoms. The average molecular weight is 216 g/mol. The third-order valence-electron chi connectivity index (χ3n) is 1.85. The molecule has 0 spiro atoms. The molecule has 0 aliphatic rings. The highest BCUT2D eigenvalue weighted by molar-refractivity contribution is 6.00. The molecule has 0 heterocycles. The molecule has 0 aliphatic heterocycles. The van der Waals surface area contributed by atoms with Crippen LogP contribution in [0.5, 0.6) is 0 Å². The van der Waals surface area contributed by atoms with Crippen molar-refractivity contribution in [3.05, 3.63) is 47.5 Å². The molecule has 3 nitrogen and oxygen atoms in total. The fourth-order valence-electron chi connectivity index (χ4n) is 1.10. The molecule has 1 aromatic rings. The van der Waals surface area contributed by atoms with E-state index in [0.29, 0.717) is 0 Å². The Morgan fingerprint density at radius 2 is 2.06 bits per heavy atom. The van der Waals surface area contributed by atoms with Crippen LogP contribution in [0.1, 0.15) is 12.5 Å². The van der Waals surface area contributed by atoms with Crippen molar-refractivity contribution in [2.75, 3.05) is 6.61 Å². The largest absolute Gasteiger partial charge is 0.462 e. The molecule has 0 unspecified atom stereocenters. The number of carbonyl (C=O) groups is 1. The van der Waals surface area contributed by atoms with E-state index < -0.39 is 5.97 Å². The van der Waals surface area contributed by atoms with E-state index in [0.717, 1.165) is 5.56 Å². The molecule has 0 saturated heterocycles. The quantitative estimate of drug-likeness (QED) is 0.335. The van der Waals surface area contributed by atoms with E-state index in [2.05, 4.69) is 0 Å². The minimum atomic E-state index is -0.648. The summed E-state index contributed by atoms with van der Waals surface area (Å²) in [5.74, 6) is 0.914. The molecule has 0 aromatic heterocycles. The summed E-state index contributed by atoms with van der Waals surface area (Å²) in [6, 6.07) is 9.36. The molecule has 1 aromatic carbocycles. The fraction of sp³-hybridized carbons (Fsp3) is 0.154. The second-order valence-electron chi connectivity index (χ2n) is 2.98. The Morgan fingerprint density at radius 3 is 2.62 bits per heavy atom. The van der Waals surface area contributed by atoms with Crippen LogP contribution in [0.3, 0.4) is 0 Å². The molecule has 0 aliphatic carbocycles. The standard InChI is InChI=1S/C13H12O3/c1-2-16-13(15)12(10-14)9-8-11-6-4-3-5-7-11/h3-9H,2H2,1H3/b9-8+. The van der Waals surface area contributed by atoms with Gasteiger partial charge in [-0.3, -0.25) is 0 Å². The monoisotopic (exact) mass is 216 g/mol. The highest BCUT2D eigenvalue weighted by Crippen LogP contribution is 2.04. The van der Waals surface area contributed by atoms with Gasteiger partial charge in [-0.25, -0.2) is 9.59 Å². The Hall–Kier alpha value is -2.12. The Kier molecular flexibility index (Phi) is 4.77. The van der Waals surface area contributed by atoms with Crippen molar-refractivity contribution in [3.8, 4) is 0 Å².